The highest BCUT2D eigenvalue weighted by Gasteiger charge is 2.20. The summed E-state index contributed by atoms with van der Waals surface area (Å²) in [5, 5.41) is 11.3. The van der Waals surface area contributed by atoms with Gasteiger partial charge in [0.2, 0.25) is 0 Å². The van der Waals surface area contributed by atoms with Gasteiger partial charge < -0.3 is 24.4 Å². The molecule has 0 aliphatic carbocycles. The predicted octanol–water partition coefficient (Wildman–Crippen LogP) is 4.06. The lowest BCUT2D eigenvalue weighted by Gasteiger charge is -2.35. The zero-order valence-corrected chi connectivity index (χ0v) is 17.7. The minimum atomic E-state index is -0.0229. The van der Waals surface area contributed by atoms with Gasteiger partial charge in [-0.25, -0.2) is 4.98 Å². The van der Waals surface area contributed by atoms with Gasteiger partial charge in [0, 0.05) is 43.2 Å². The van der Waals surface area contributed by atoms with Crippen molar-refractivity contribution in [2.75, 3.05) is 57.9 Å². The van der Waals surface area contributed by atoms with Gasteiger partial charge in [0.15, 0.2) is 0 Å². The van der Waals surface area contributed by atoms with Gasteiger partial charge >= 0.3 is 0 Å². The third-order valence-electron chi connectivity index (χ3n) is 5.65. The molecule has 1 saturated heterocycles. The number of benzene rings is 2. The van der Waals surface area contributed by atoms with Gasteiger partial charge in [0.05, 0.1) is 19.4 Å². The molecule has 1 aliphatic rings. The summed E-state index contributed by atoms with van der Waals surface area (Å²) in [4.78, 5) is 9.95. The highest BCUT2D eigenvalue weighted by atomic mass is 16.5. The van der Waals surface area contributed by atoms with E-state index in [2.05, 4.69) is 47.1 Å². The van der Waals surface area contributed by atoms with Crippen LogP contribution in [0.1, 0.15) is 14.4 Å². The highest BCUT2D eigenvalue weighted by Crippen LogP contribution is 2.36. The molecule has 0 amide bonds. The molecule has 166 valence electrons. The third kappa shape index (κ3) is 4.92. The molecule has 1 N–H and O–H groups in total. The lowest BCUT2D eigenvalue weighted by molar-refractivity contribution is 0.201. The van der Waals surface area contributed by atoms with Crippen LogP contribution in [0.3, 0.4) is 0 Å². The number of likely N-dealkylation sites (N-methyl/N-ethyl adjacent to an activating group) is 1. The van der Waals surface area contributed by atoms with E-state index in [1.54, 1.807) is 7.11 Å². The van der Waals surface area contributed by atoms with Crippen molar-refractivity contribution >= 4 is 16.6 Å². The second-order valence-corrected chi connectivity index (χ2v) is 7.41. The first-order chi connectivity index (χ1) is 14.7. The molecule has 0 bridgehead atoms. The fourth-order valence-corrected chi connectivity index (χ4v) is 3.97. The van der Waals surface area contributed by atoms with Crippen LogP contribution >= 0.6 is 0 Å². The number of aromatic nitrogens is 1. The van der Waals surface area contributed by atoms with Gasteiger partial charge in [-0.3, -0.25) is 0 Å². The van der Waals surface area contributed by atoms with E-state index in [1.165, 1.54) is 5.39 Å². The lowest BCUT2D eigenvalue weighted by atomic mass is 10.0. The molecule has 0 radical (unpaired) electrons. The number of fused-ring (bicyclic) bond motifs is 1. The van der Waals surface area contributed by atoms with E-state index in [0.29, 0.717) is 11.5 Å². The van der Waals surface area contributed by atoms with Crippen LogP contribution in [0.5, 0.6) is 11.5 Å². The fourth-order valence-electron chi connectivity index (χ4n) is 3.97. The first-order valence-corrected chi connectivity index (χ1v) is 10.5. The molecule has 6 heteroatoms. The van der Waals surface area contributed by atoms with E-state index < -0.39 is 0 Å². The number of anilines is 1. The molecular weight excluding hydrogens is 390 g/mol. The fraction of sp³-hybridized carbons (Fsp3) is 0.400. The van der Waals surface area contributed by atoms with Crippen molar-refractivity contribution in [3.63, 3.8) is 0 Å². The molecule has 2 aromatic carbocycles. The van der Waals surface area contributed by atoms with E-state index in [4.69, 9.17) is 19.6 Å². The summed E-state index contributed by atoms with van der Waals surface area (Å²) in [5.41, 5.74) is 1.81. The second-order valence-electron chi connectivity index (χ2n) is 7.41. The maximum Gasteiger partial charge on any atom is 0.137 e. The van der Waals surface area contributed by atoms with Crippen LogP contribution in [-0.2, 0) is 0 Å². The first kappa shape index (κ1) is 22.8. The second kappa shape index (κ2) is 10.5. The summed E-state index contributed by atoms with van der Waals surface area (Å²) in [6.45, 7) is 7.58. The normalized spacial score (nSPS) is 14.4. The van der Waals surface area contributed by atoms with Crippen LogP contribution in [-0.4, -0.2) is 68.0 Å². The molecule has 6 nitrogen and oxygen atoms in total. The van der Waals surface area contributed by atoms with E-state index >= 15 is 0 Å². The summed E-state index contributed by atoms with van der Waals surface area (Å²) < 4.78 is 11.2. The van der Waals surface area contributed by atoms with Crippen molar-refractivity contribution in [2.24, 2.45) is 0 Å². The first-order valence-electron chi connectivity index (χ1n) is 10.5. The summed E-state index contributed by atoms with van der Waals surface area (Å²) in [7, 11) is 1.65. The zero-order chi connectivity index (χ0) is 20.9. The number of rotatable bonds is 7. The molecule has 1 fully saturated rings. The van der Waals surface area contributed by atoms with Crippen LogP contribution in [0.15, 0.2) is 48.5 Å². The van der Waals surface area contributed by atoms with E-state index in [9.17, 15) is 0 Å². The molecule has 0 saturated carbocycles. The molecule has 2 heterocycles. The van der Waals surface area contributed by atoms with Crippen LogP contribution in [0.4, 0.5) is 5.82 Å². The summed E-state index contributed by atoms with van der Waals surface area (Å²) in [6.07, 6.45) is 0. The molecule has 4 rings (SSSR count). The van der Waals surface area contributed by atoms with Gasteiger partial charge in [-0.05, 0) is 30.1 Å². The largest absolute Gasteiger partial charge is 0.496 e. The number of piperazine rings is 1. The van der Waals surface area contributed by atoms with Crippen molar-refractivity contribution in [1.29, 1.82) is 0 Å². The Morgan fingerprint density at radius 3 is 2.52 bits per heavy atom. The maximum atomic E-state index is 9.00. The number of aliphatic hydroxyl groups is 1. The van der Waals surface area contributed by atoms with Gasteiger partial charge in [-0.15, -0.1) is 0 Å². The number of aliphatic hydroxyl groups excluding tert-OH is 1. The third-order valence-corrected chi connectivity index (χ3v) is 5.65. The number of hydrogen-bond acceptors (Lipinski definition) is 6. The minimum absolute atomic E-state index is 0. The van der Waals surface area contributed by atoms with E-state index in [-0.39, 0.29) is 20.6 Å². The van der Waals surface area contributed by atoms with Crippen molar-refractivity contribution in [3.8, 4) is 22.8 Å². The Hall–Kier alpha value is -2.83. The minimum Gasteiger partial charge on any atom is -0.496 e. The number of nitrogens with zero attached hydrogens (tertiary/aromatic N) is 3. The Balaban J connectivity index is 0.00000272. The van der Waals surface area contributed by atoms with Crippen LogP contribution in [0.25, 0.3) is 22.0 Å². The van der Waals surface area contributed by atoms with E-state index in [0.717, 1.165) is 55.2 Å². The van der Waals surface area contributed by atoms with Crippen LogP contribution < -0.4 is 14.4 Å². The highest BCUT2D eigenvalue weighted by molar-refractivity contribution is 5.95. The average Bonchev–Trinajstić information content (AvgIpc) is 2.82. The Labute approximate surface area is 185 Å². The standard InChI is InChI=1S/C24H29N3O3.CH4/c1-3-26-10-12-27(13-11-26)24-20-7-5-4-6-18(20)16-22(25-24)21-9-8-19(30-15-14-28)17-23(21)29-2;/h4-9,16-17,28H,3,10-15H2,1-2H3;1H4. The van der Waals surface area contributed by atoms with Gasteiger partial charge in [0.1, 0.15) is 23.9 Å². The monoisotopic (exact) mass is 423 g/mol. The van der Waals surface area contributed by atoms with Crippen LogP contribution in [0, 0.1) is 0 Å². The zero-order valence-electron chi connectivity index (χ0n) is 17.7. The van der Waals surface area contributed by atoms with Crippen molar-refractivity contribution < 1.29 is 14.6 Å². The Morgan fingerprint density at radius 2 is 1.81 bits per heavy atom. The number of methoxy groups -OCH3 is 1. The Morgan fingerprint density at radius 1 is 1.03 bits per heavy atom. The van der Waals surface area contributed by atoms with Gasteiger partial charge in [0.25, 0.3) is 0 Å². The maximum absolute atomic E-state index is 9.00. The van der Waals surface area contributed by atoms with Crippen LogP contribution in [0.2, 0.25) is 0 Å². The molecule has 3 aromatic rings. The average molecular weight is 424 g/mol. The topological polar surface area (TPSA) is 58.1 Å². The molecule has 0 atom stereocenters. The molecule has 0 spiro atoms. The Bertz CT molecular complexity index is 1000. The molecule has 1 aromatic heterocycles. The summed E-state index contributed by atoms with van der Waals surface area (Å²) >= 11 is 0. The number of ether oxygens (including phenoxy) is 2. The number of hydrogen-bond donors (Lipinski definition) is 1. The predicted molar refractivity (Wildman–Crippen MR) is 127 cm³/mol. The molecule has 0 unspecified atom stereocenters. The van der Waals surface area contributed by atoms with Crippen molar-refractivity contribution in [1.82, 2.24) is 9.88 Å². The Kier molecular flexibility index (Phi) is 7.71. The van der Waals surface area contributed by atoms with E-state index in [1.807, 2.05) is 18.2 Å². The molecular formula is C25H33N3O3. The molecule has 1 aliphatic heterocycles. The van der Waals surface area contributed by atoms with Crippen molar-refractivity contribution in [3.05, 3.63) is 48.5 Å². The lowest BCUT2D eigenvalue weighted by Crippen LogP contribution is -2.46. The quantitative estimate of drug-likeness (QED) is 0.619. The summed E-state index contributed by atoms with van der Waals surface area (Å²) in [5.74, 6) is 2.40. The van der Waals surface area contributed by atoms with Gasteiger partial charge in [-0.1, -0.05) is 38.6 Å². The summed E-state index contributed by atoms with van der Waals surface area (Å²) in [6, 6.07) is 16.3. The molecule has 31 heavy (non-hydrogen) atoms. The van der Waals surface area contributed by atoms with Crippen molar-refractivity contribution in [2.45, 2.75) is 14.4 Å². The van der Waals surface area contributed by atoms with Gasteiger partial charge in [-0.2, -0.15) is 0 Å². The smallest absolute Gasteiger partial charge is 0.137 e. The SMILES string of the molecule is C.CCN1CCN(c2nc(-c3ccc(OCCO)cc3OC)cc3ccccc23)CC1. The number of pyridine rings is 1.